The molecule has 1 amide bonds. The second-order valence-electron chi connectivity index (χ2n) is 3.70. The Morgan fingerprint density at radius 2 is 2.16 bits per heavy atom. The summed E-state index contributed by atoms with van der Waals surface area (Å²) in [5, 5.41) is 10.5. The highest BCUT2D eigenvalue weighted by molar-refractivity contribution is 7.15. The number of nitrogens with one attached hydrogen (secondary N) is 1. The van der Waals surface area contributed by atoms with E-state index in [1.54, 1.807) is 0 Å². The number of hydrogen-bond acceptors (Lipinski definition) is 5. The van der Waals surface area contributed by atoms with Crippen molar-refractivity contribution < 1.29 is 4.79 Å². The van der Waals surface area contributed by atoms with Crippen LogP contribution in [0.3, 0.4) is 0 Å². The van der Waals surface area contributed by atoms with E-state index in [-0.39, 0.29) is 15.9 Å². The monoisotopic (exact) mass is 316 g/mol. The lowest BCUT2D eigenvalue weighted by molar-refractivity contribution is 0.102. The fourth-order valence-corrected chi connectivity index (χ4v) is 2.71. The van der Waals surface area contributed by atoms with Crippen molar-refractivity contribution in [3.63, 3.8) is 0 Å². The number of amides is 1. The smallest absolute Gasteiger partial charge is 0.260 e. The first-order chi connectivity index (χ1) is 9.01. The van der Waals surface area contributed by atoms with Gasteiger partial charge in [-0.25, -0.2) is 4.98 Å². The number of aryl methyl sites for hydroxylation is 2. The van der Waals surface area contributed by atoms with Crippen LogP contribution in [0.5, 0.6) is 0 Å². The normalized spacial score (nSPS) is 10.5. The summed E-state index contributed by atoms with van der Waals surface area (Å²) in [4.78, 5) is 17.4. The van der Waals surface area contributed by atoms with E-state index < -0.39 is 5.91 Å². The zero-order valence-corrected chi connectivity index (χ0v) is 12.5. The van der Waals surface area contributed by atoms with Crippen molar-refractivity contribution in [3.05, 3.63) is 32.5 Å². The summed E-state index contributed by atoms with van der Waals surface area (Å²) < 4.78 is 0. The number of rotatable bonds is 3. The predicted octanol–water partition coefficient (Wildman–Crippen LogP) is 3.36. The predicted molar refractivity (Wildman–Crippen MR) is 76.2 cm³/mol. The van der Waals surface area contributed by atoms with Crippen LogP contribution in [0.4, 0.5) is 5.13 Å². The number of thiazole rings is 1. The minimum Gasteiger partial charge on any atom is -0.298 e. The Hall–Kier alpha value is -1.24. The van der Waals surface area contributed by atoms with E-state index >= 15 is 0 Å². The first-order valence-electron chi connectivity index (χ1n) is 5.47. The molecular weight excluding hydrogens is 307 g/mol. The van der Waals surface area contributed by atoms with Gasteiger partial charge in [0.25, 0.3) is 5.91 Å². The molecule has 8 heteroatoms. The molecule has 2 rings (SSSR count). The van der Waals surface area contributed by atoms with E-state index in [2.05, 4.69) is 20.5 Å². The van der Waals surface area contributed by atoms with Crippen LogP contribution < -0.4 is 5.32 Å². The van der Waals surface area contributed by atoms with Gasteiger partial charge in [-0.15, -0.1) is 21.5 Å². The quantitative estimate of drug-likeness (QED) is 0.942. The summed E-state index contributed by atoms with van der Waals surface area (Å²) in [5.74, 6) is -0.404. The molecule has 1 N–H and O–H groups in total. The lowest BCUT2D eigenvalue weighted by atomic mass is 10.3. The van der Waals surface area contributed by atoms with Crippen LogP contribution in [0.1, 0.15) is 27.9 Å². The summed E-state index contributed by atoms with van der Waals surface area (Å²) in [6, 6.07) is 1.37. The molecule has 2 heterocycles. The molecule has 0 spiro atoms. The maximum Gasteiger partial charge on any atom is 0.260 e. The van der Waals surface area contributed by atoms with E-state index in [1.807, 2.05) is 13.8 Å². The van der Waals surface area contributed by atoms with Crippen molar-refractivity contribution in [1.29, 1.82) is 0 Å². The summed E-state index contributed by atoms with van der Waals surface area (Å²) in [7, 11) is 0. The minimum atomic E-state index is -0.404. The Balaban J connectivity index is 2.22. The van der Waals surface area contributed by atoms with Crippen molar-refractivity contribution in [2.24, 2.45) is 0 Å². The molecule has 100 valence electrons. The van der Waals surface area contributed by atoms with Gasteiger partial charge in [-0.3, -0.25) is 10.1 Å². The fraction of sp³-hybridized carbons (Fsp3) is 0.273. The van der Waals surface area contributed by atoms with Gasteiger partial charge in [0.05, 0.1) is 11.3 Å². The van der Waals surface area contributed by atoms with Crippen LogP contribution in [0.2, 0.25) is 10.3 Å². The number of aromatic nitrogens is 3. The third kappa shape index (κ3) is 3.20. The number of carbonyl (C=O) groups is 1. The first kappa shape index (κ1) is 14.2. The van der Waals surface area contributed by atoms with E-state index in [0.717, 1.165) is 17.0 Å². The summed E-state index contributed by atoms with van der Waals surface area (Å²) in [6.07, 6.45) is 0.821. The van der Waals surface area contributed by atoms with E-state index in [4.69, 9.17) is 23.2 Å². The van der Waals surface area contributed by atoms with Crippen molar-refractivity contribution in [1.82, 2.24) is 15.2 Å². The molecule has 2 aromatic rings. The Morgan fingerprint density at radius 3 is 2.79 bits per heavy atom. The molecule has 0 aliphatic carbocycles. The molecule has 19 heavy (non-hydrogen) atoms. The van der Waals surface area contributed by atoms with Crippen molar-refractivity contribution in [3.8, 4) is 0 Å². The highest BCUT2D eigenvalue weighted by Gasteiger charge is 2.15. The van der Waals surface area contributed by atoms with Crippen LogP contribution >= 0.6 is 34.5 Å². The Labute approximate surface area is 124 Å². The lowest BCUT2D eigenvalue weighted by Crippen LogP contribution is -2.13. The van der Waals surface area contributed by atoms with Gasteiger partial charge in [0.15, 0.2) is 15.4 Å². The van der Waals surface area contributed by atoms with Gasteiger partial charge in [-0.1, -0.05) is 30.1 Å². The first-order valence-corrected chi connectivity index (χ1v) is 7.05. The molecule has 0 saturated carbocycles. The zero-order chi connectivity index (χ0) is 14.0. The zero-order valence-electron chi connectivity index (χ0n) is 10.2. The average molecular weight is 317 g/mol. The van der Waals surface area contributed by atoms with Gasteiger partial charge in [-0.05, 0) is 19.4 Å². The van der Waals surface area contributed by atoms with Crippen LogP contribution in [-0.4, -0.2) is 21.1 Å². The largest absolute Gasteiger partial charge is 0.298 e. The molecule has 0 aliphatic rings. The van der Waals surface area contributed by atoms with E-state index in [1.165, 1.54) is 17.4 Å². The Morgan fingerprint density at radius 1 is 1.42 bits per heavy atom. The van der Waals surface area contributed by atoms with Gasteiger partial charge in [0.1, 0.15) is 0 Å². The van der Waals surface area contributed by atoms with Gasteiger partial charge in [0, 0.05) is 4.88 Å². The molecule has 0 saturated heterocycles. The van der Waals surface area contributed by atoms with Crippen molar-refractivity contribution in [2.45, 2.75) is 20.3 Å². The molecule has 0 bridgehead atoms. The summed E-state index contributed by atoms with van der Waals surface area (Å²) in [5.41, 5.74) is 1.14. The topological polar surface area (TPSA) is 67.8 Å². The third-order valence-electron chi connectivity index (χ3n) is 2.41. The van der Waals surface area contributed by atoms with E-state index in [9.17, 15) is 4.79 Å². The molecule has 5 nitrogen and oxygen atoms in total. The SMILES string of the molecule is CCc1nc(NC(=O)c2cc(Cl)nnc2Cl)sc1C. The van der Waals surface area contributed by atoms with Crippen molar-refractivity contribution >= 4 is 45.6 Å². The molecule has 0 atom stereocenters. The maximum absolute atomic E-state index is 12.0. The number of nitrogens with zero attached hydrogens (tertiary/aromatic N) is 3. The van der Waals surface area contributed by atoms with Gasteiger partial charge in [-0.2, -0.15) is 0 Å². The molecule has 0 unspecified atom stereocenters. The summed E-state index contributed by atoms with van der Waals surface area (Å²) in [6.45, 7) is 3.97. The van der Waals surface area contributed by atoms with Gasteiger partial charge >= 0.3 is 0 Å². The Bertz CT molecular complexity index is 629. The highest BCUT2D eigenvalue weighted by atomic mass is 35.5. The van der Waals surface area contributed by atoms with Gasteiger partial charge < -0.3 is 0 Å². The van der Waals surface area contributed by atoms with E-state index in [0.29, 0.717) is 5.13 Å². The Kier molecular flexibility index (Phi) is 4.34. The lowest BCUT2D eigenvalue weighted by Gasteiger charge is -2.02. The van der Waals surface area contributed by atoms with Crippen molar-refractivity contribution in [2.75, 3.05) is 5.32 Å². The molecular formula is C11H10Cl2N4OS. The minimum absolute atomic E-state index is 0.00546. The highest BCUT2D eigenvalue weighted by Crippen LogP contribution is 2.24. The molecule has 0 radical (unpaired) electrons. The average Bonchev–Trinajstić information content (AvgIpc) is 2.72. The molecule has 0 fully saturated rings. The summed E-state index contributed by atoms with van der Waals surface area (Å²) >= 11 is 12.9. The fourth-order valence-electron chi connectivity index (χ4n) is 1.49. The molecule has 2 aromatic heterocycles. The number of carbonyl (C=O) groups excluding carboxylic acids is 1. The maximum atomic E-state index is 12.0. The molecule has 0 aliphatic heterocycles. The van der Waals surface area contributed by atoms with Crippen LogP contribution in [0.15, 0.2) is 6.07 Å². The van der Waals surface area contributed by atoms with Crippen LogP contribution in [0, 0.1) is 6.92 Å². The number of hydrogen-bond donors (Lipinski definition) is 1. The number of halogens is 2. The standard InChI is InChI=1S/C11H10Cl2N4OS/c1-3-7-5(2)19-11(14-7)15-10(18)6-4-8(12)16-17-9(6)13/h4H,3H2,1-2H3,(H,14,15,18). The second kappa shape index (κ2) is 5.81. The third-order valence-corrected chi connectivity index (χ3v) is 3.80. The van der Waals surface area contributed by atoms with Crippen LogP contribution in [0.25, 0.3) is 0 Å². The molecule has 0 aromatic carbocycles. The second-order valence-corrected chi connectivity index (χ2v) is 5.65. The van der Waals surface area contributed by atoms with Gasteiger partial charge in [0.2, 0.25) is 0 Å². The van der Waals surface area contributed by atoms with Crippen LogP contribution in [-0.2, 0) is 6.42 Å². The number of anilines is 1.